The lowest BCUT2D eigenvalue weighted by Crippen LogP contribution is -2.67. The van der Waals surface area contributed by atoms with Crippen molar-refractivity contribution >= 4 is 91.0 Å². The van der Waals surface area contributed by atoms with E-state index < -0.39 is 195 Å². The number of ether oxygens (including phenoxy) is 10. The Kier molecular flexibility index (Phi) is 32.6. The van der Waals surface area contributed by atoms with Crippen LogP contribution in [0.15, 0.2) is 0 Å². The molecule has 0 spiro atoms. The van der Waals surface area contributed by atoms with Crippen molar-refractivity contribution in [3.63, 3.8) is 0 Å². The summed E-state index contributed by atoms with van der Waals surface area (Å²) in [5, 5.41) is 0. The second-order valence-electron chi connectivity index (χ2n) is 14.5. The summed E-state index contributed by atoms with van der Waals surface area (Å²) in [6.45, 7) is -1.59. The zero-order valence-electron chi connectivity index (χ0n) is 43.4. The molecular weight excluding hydrogens is 1160 g/mol. The zero-order valence-corrected chi connectivity index (χ0v) is 47.0. The van der Waals surface area contributed by atoms with E-state index in [9.17, 15) is 66.2 Å². The van der Waals surface area contributed by atoms with E-state index in [2.05, 4.69) is 0 Å². The maximum absolute atomic E-state index is 14.9. The Hall–Kier alpha value is -4.86. The van der Waals surface area contributed by atoms with Gasteiger partial charge in [-0.15, -0.1) is 0 Å². The minimum Gasteiger partial charge on any atom is -0.455 e. The van der Waals surface area contributed by atoms with Crippen molar-refractivity contribution < 1.29 is 168 Å². The highest BCUT2D eigenvalue weighted by Gasteiger charge is 2.64. The summed E-state index contributed by atoms with van der Waals surface area (Å²) in [6, 6.07) is 0. The maximum Gasteiger partial charge on any atom is 0.481 e. The maximum atomic E-state index is 14.9. The Bertz CT molecular complexity index is 1990. The van der Waals surface area contributed by atoms with Crippen LogP contribution in [-0.4, -0.2) is 151 Å². The van der Waals surface area contributed by atoms with Crippen LogP contribution in [0.2, 0.25) is 0 Å². The molecule has 6 atom stereocenters. The smallest absolute Gasteiger partial charge is 0.455 e. The Balaban J connectivity index is 5.01. The molecule has 36 nitrogen and oxygen atoms in total. The monoisotopic (exact) mass is 1220 g/mol. The summed E-state index contributed by atoms with van der Waals surface area (Å²) in [4.78, 5) is 123. The van der Waals surface area contributed by atoms with Crippen LogP contribution in [0, 0.1) is 0 Å². The summed E-state index contributed by atoms with van der Waals surface area (Å²) in [5.41, 5.74) is 0. The number of hydrogen-bond acceptors (Lipinski definition) is 36. The summed E-state index contributed by atoms with van der Waals surface area (Å²) in [6.07, 6.45) is -18.4. The fourth-order valence-electron chi connectivity index (χ4n) is 5.08. The van der Waals surface area contributed by atoms with Gasteiger partial charge in [-0.2, -0.15) is 0 Å². The molecule has 0 aromatic heterocycles. The van der Waals surface area contributed by atoms with Gasteiger partial charge in [0.2, 0.25) is 54.3 Å². The van der Waals surface area contributed by atoms with Crippen molar-refractivity contribution in [1.82, 2.24) is 0 Å². The van der Waals surface area contributed by atoms with E-state index in [-0.39, 0.29) is 12.8 Å². The van der Waals surface area contributed by atoms with Crippen LogP contribution < -0.4 is 0 Å². The lowest BCUT2D eigenvalue weighted by molar-refractivity contribution is -0.237. The van der Waals surface area contributed by atoms with Gasteiger partial charge < -0.3 is 47.4 Å². The van der Waals surface area contributed by atoms with Gasteiger partial charge in [0.15, 0.2) is 12.2 Å². The van der Waals surface area contributed by atoms with Gasteiger partial charge >= 0.3 is 91.0 Å². The summed E-state index contributed by atoms with van der Waals surface area (Å²) >= 11 is 0. The topological polar surface area (TPSA) is 442 Å². The lowest BCUT2D eigenvalue weighted by atomic mass is 9.84. The van der Waals surface area contributed by atoms with Crippen molar-refractivity contribution in [2.75, 3.05) is 54.3 Å². The third kappa shape index (κ3) is 29.4. The molecule has 1 aliphatic carbocycles. The summed E-state index contributed by atoms with van der Waals surface area (Å²) in [7, 11) is -23.4. The molecule has 0 saturated heterocycles. The van der Waals surface area contributed by atoms with Crippen molar-refractivity contribution in [2.24, 2.45) is 0 Å². The first-order chi connectivity index (χ1) is 36.4. The lowest BCUT2D eigenvalue weighted by Gasteiger charge is -2.49. The number of carbonyl (C=O) groups is 10. The minimum absolute atomic E-state index is 0.0483. The molecule has 1 fully saturated rings. The largest absolute Gasteiger partial charge is 0.481 e. The van der Waals surface area contributed by atoms with Gasteiger partial charge in [0, 0.05) is 68.2 Å². The van der Waals surface area contributed by atoms with Gasteiger partial charge in [-0.05, 0) is 12.8 Å². The van der Waals surface area contributed by atoms with Crippen LogP contribution in [-0.2, 0) is 168 Å². The molecule has 0 bridgehead atoms. The summed E-state index contributed by atoms with van der Waals surface area (Å²) in [5.74, 6) is -11.6. The third-order valence-corrected chi connectivity index (χ3v) is 13.6. The fourth-order valence-corrected chi connectivity index (χ4v) is 9.47. The fraction of sp³-hybridized carbons (Fsp3) is 0.737. The van der Waals surface area contributed by atoms with E-state index in [4.69, 9.17) is 102 Å². The molecular formula is C38H60O36P4. The van der Waals surface area contributed by atoms with E-state index in [0.29, 0.717) is 0 Å². The van der Waals surface area contributed by atoms with Gasteiger partial charge in [-0.25, -0.2) is 54.5 Å². The molecule has 78 heavy (non-hydrogen) atoms. The molecule has 0 aromatic rings. The summed E-state index contributed by atoms with van der Waals surface area (Å²) < 4.78 is 173. The quantitative estimate of drug-likeness (QED) is 0.0368. The molecule has 40 heteroatoms. The average Bonchev–Trinajstić information content (AvgIpc) is 3.29. The van der Waals surface area contributed by atoms with Crippen molar-refractivity contribution in [2.45, 2.75) is 132 Å². The first-order valence-electron chi connectivity index (χ1n) is 22.2. The second-order valence-corrected chi connectivity index (χ2v) is 21.0. The van der Waals surface area contributed by atoms with Crippen LogP contribution >= 0.6 is 31.3 Å². The van der Waals surface area contributed by atoms with Crippen LogP contribution in [0.4, 0.5) is 0 Å². The Morgan fingerprint density at radius 3 is 0.577 bits per heavy atom. The molecule has 0 aliphatic heterocycles. The normalized spacial score (nSPS) is 18.5. The minimum atomic E-state index is -5.89. The predicted molar refractivity (Wildman–Crippen MR) is 241 cm³/mol. The molecule has 448 valence electrons. The van der Waals surface area contributed by atoms with Gasteiger partial charge in [-0.1, -0.05) is 13.8 Å². The third-order valence-electron chi connectivity index (χ3n) is 8.17. The van der Waals surface area contributed by atoms with Gasteiger partial charge in [0.1, 0.15) is 24.4 Å². The Labute approximate surface area is 444 Å². The first-order valence-corrected chi connectivity index (χ1v) is 28.0. The molecule has 1 rings (SSSR count). The van der Waals surface area contributed by atoms with Crippen LogP contribution in [0.25, 0.3) is 0 Å². The van der Waals surface area contributed by atoms with E-state index in [1.807, 2.05) is 0 Å². The molecule has 1 aliphatic rings. The predicted octanol–water partition coefficient (Wildman–Crippen LogP) is 3.69. The molecule has 0 unspecified atom stereocenters. The number of phosphoric acid groups is 4. The molecule has 0 radical (unpaired) electrons. The number of esters is 10. The van der Waals surface area contributed by atoms with Gasteiger partial charge in [0.25, 0.3) is 0 Å². The Morgan fingerprint density at radius 2 is 0.436 bits per heavy atom. The van der Waals surface area contributed by atoms with E-state index in [1.54, 1.807) is 0 Å². The average molecular weight is 1220 g/mol. The van der Waals surface area contributed by atoms with Crippen molar-refractivity contribution in [3.05, 3.63) is 0 Å². The van der Waals surface area contributed by atoms with Gasteiger partial charge in [-0.3, -0.25) is 66.0 Å². The number of carbonyl (C=O) groups excluding carboxylic acids is 10. The second kappa shape index (κ2) is 35.7. The van der Waals surface area contributed by atoms with Crippen LogP contribution in [0.5, 0.6) is 0 Å². The van der Waals surface area contributed by atoms with Crippen molar-refractivity contribution in [3.8, 4) is 0 Å². The van der Waals surface area contributed by atoms with E-state index in [1.165, 1.54) is 13.8 Å². The van der Waals surface area contributed by atoms with E-state index in [0.717, 1.165) is 55.4 Å². The van der Waals surface area contributed by atoms with Crippen LogP contribution in [0.1, 0.15) is 94.9 Å². The van der Waals surface area contributed by atoms with Crippen LogP contribution in [0.3, 0.4) is 0 Å². The molecule has 1 saturated carbocycles. The number of rotatable bonds is 38. The highest BCUT2D eigenvalue weighted by atomic mass is 31.2. The molecule has 0 heterocycles. The molecule has 0 N–H and O–H groups in total. The Morgan fingerprint density at radius 1 is 0.282 bits per heavy atom. The molecule has 0 amide bonds. The highest BCUT2D eigenvalue weighted by molar-refractivity contribution is 7.49. The standard InChI is InChI=1S/C38H60O36P4/c1-11-13-31(47)69-33-34(70-32(48)14-12-2)36(72-76(50,63-17-55-25(5)41)64-18-56-26(6)42)38(74-78(52,67-21-59-29(9)45)68-22-60-30(10)46)37(73-77(51,65-19-57-27(7)43)66-20-58-28(8)44)35(33)71-75(49,61-15-53-23(3)39)62-16-54-24(4)40/h33-38H,11-22H2,1-10H3/t33-,34+,35-,36-,37+,38+/m1/s1. The zero-order chi connectivity index (χ0) is 59.3. The number of phosphoric ester groups is 4. The van der Waals surface area contributed by atoms with Gasteiger partial charge in [0.05, 0.1) is 0 Å². The number of hydrogen-bond donors (Lipinski definition) is 0. The van der Waals surface area contributed by atoms with Crippen molar-refractivity contribution in [1.29, 1.82) is 0 Å². The SMILES string of the molecule is CCCC(=O)O[C@@H]1[C@H](OC(=O)CCC)[C@@H](OP(=O)(OCOC(C)=O)OCOC(C)=O)[C@H](OP(=O)(OCOC(C)=O)OCOC(C)=O)[C@@H](OP(=O)(OCOC(C)=O)OCOC(C)=O)[C@@H]1OP(=O)(OCOC(C)=O)OCOC(C)=O. The first kappa shape index (κ1) is 71.2. The van der Waals surface area contributed by atoms with E-state index >= 15 is 0 Å². The highest BCUT2D eigenvalue weighted by Crippen LogP contribution is 2.62. The molecule has 0 aromatic carbocycles.